The summed E-state index contributed by atoms with van der Waals surface area (Å²) >= 11 is 0. The van der Waals surface area contributed by atoms with E-state index in [-0.39, 0.29) is 25.7 Å². The molecule has 0 spiro atoms. The third-order valence-electron chi connectivity index (χ3n) is 10.8. The van der Waals surface area contributed by atoms with Crippen LogP contribution in [0.4, 0.5) is 0 Å². The molecule has 0 fully saturated rings. The molecule has 0 saturated heterocycles. The maximum atomic E-state index is 12.8. The van der Waals surface area contributed by atoms with E-state index in [0.29, 0.717) is 6.42 Å². The Bertz CT molecular complexity index is 932. The lowest BCUT2D eigenvalue weighted by Crippen LogP contribution is -2.45. The van der Waals surface area contributed by atoms with E-state index in [9.17, 15) is 19.4 Å². The first-order valence-corrected chi connectivity index (χ1v) is 25.5. The van der Waals surface area contributed by atoms with Gasteiger partial charge in [-0.3, -0.25) is 13.8 Å². The largest absolute Gasteiger partial charge is 0.472 e. The van der Waals surface area contributed by atoms with E-state index in [4.69, 9.17) is 14.8 Å². The molecule has 0 rings (SSSR count). The Morgan fingerprint density at radius 2 is 0.946 bits per heavy atom. The number of carbonyl (C=O) groups is 1. The fourth-order valence-electron chi connectivity index (χ4n) is 7.15. The number of nitrogens with one attached hydrogen (secondary N) is 1. The quantitative estimate of drug-likeness (QED) is 0.0273. The molecule has 56 heavy (non-hydrogen) atoms. The van der Waals surface area contributed by atoms with Crippen LogP contribution in [0.3, 0.4) is 0 Å². The van der Waals surface area contributed by atoms with Gasteiger partial charge < -0.3 is 21.1 Å². The van der Waals surface area contributed by atoms with E-state index in [2.05, 4.69) is 31.3 Å². The summed E-state index contributed by atoms with van der Waals surface area (Å²) in [6.07, 6.45) is 51.0. The number of hydrogen-bond donors (Lipinski definition) is 4. The van der Waals surface area contributed by atoms with Gasteiger partial charge in [0.15, 0.2) is 0 Å². The highest BCUT2D eigenvalue weighted by molar-refractivity contribution is 7.47. The average Bonchev–Trinajstić information content (AvgIpc) is 3.19. The lowest BCUT2D eigenvalue weighted by atomic mass is 10.0. The van der Waals surface area contributed by atoms with Crippen LogP contribution in [-0.4, -0.2) is 47.8 Å². The first-order chi connectivity index (χ1) is 27.4. The maximum absolute atomic E-state index is 12.8. The number of unbranched alkanes of at least 4 members (excludes halogenated alkanes) is 31. The van der Waals surface area contributed by atoms with Crippen molar-refractivity contribution in [3.8, 4) is 0 Å². The Balaban J connectivity index is 4.11. The van der Waals surface area contributed by atoms with Gasteiger partial charge in [-0.15, -0.1) is 0 Å². The molecule has 0 radical (unpaired) electrons. The monoisotopic (exact) mass is 813 g/mol. The molecule has 3 unspecified atom stereocenters. The number of amides is 1. The minimum Gasteiger partial charge on any atom is -0.387 e. The zero-order valence-electron chi connectivity index (χ0n) is 36.9. The van der Waals surface area contributed by atoms with E-state index in [1.165, 1.54) is 180 Å². The summed E-state index contributed by atoms with van der Waals surface area (Å²) in [5.41, 5.74) is 5.38. The number of phosphoric ester groups is 1. The second-order valence-corrected chi connectivity index (χ2v) is 17.8. The second-order valence-electron chi connectivity index (χ2n) is 16.3. The van der Waals surface area contributed by atoms with Crippen molar-refractivity contribution >= 4 is 13.7 Å². The van der Waals surface area contributed by atoms with Crippen LogP contribution in [0, 0.1) is 0 Å². The Kier molecular flexibility index (Phi) is 42.8. The van der Waals surface area contributed by atoms with Crippen LogP contribution in [0.5, 0.6) is 0 Å². The molecular formula is C47H93N2O6P. The Morgan fingerprint density at radius 3 is 1.38 bits per heavy atom. The first-order valence-electron chi connectivity index (χ1n) is 24.0. The molecule has 0 aliphatic heterocycles. The van der Waals surface area contributed by atoms with Gasteiger partial charge in [0, 0.05) is 13.0 Å². The Labute approximate surface area is 347 Å². The lowest BCUT2D eigenvalue weighted by molar-refractivity contribution is -0.123. The van der Waals surface area contributed by atoms with Crippen molar-refractivity contribution in [1.29, 1.82) is 0 Å². The molecule has 0 aromatic carbocycles. The summed E-state index contributed by atoms with van der Waals surface area (Å²) in [7, 11) is -4.34. The molecule has 9 heteroatoms. The van der Waals surface area contributed by atoms with Gasteiger partial charge in [0.05, 0.1) is 25.4 Å². The maximum Gasteiger partial charge on any atom is 0.472 e. The fraction of sp³-hybridized carbons (Fsp3) is 0.894. The van der Waals surface area contributed by atoms with Crippen LogP contribution >= 0.6 is 7.82 Å². The molecule has 8 nitrogen and oxygen atoms in total. The van der Waals surface area contributed by atoms with E-state index in [0.717, 1.165) is 38.5 Å². The normalized spacial score (nSPS) is 14.2. The van der Waals surface area contributed by atoms with Gasteiger partial charge in [0.1, 0.15) is 0 Å². The molecule has 332 valence electrons. The standard InChI is InChI=1S/C47H93N2O6P/c1-3-5-7-9-11-13-15-17-19-20-21-22-23-24-25-27-29-31-33-35-37-39-41-47(51)49-45(44-55-56(52,53)54-43-42-48)46(50)40-38-36-34-32-30-28-26-18-16-14-12-10-8-6-4-2/h30,32,38,40,45-46,50H,3-29,31,33-37,39,41-44,48H2,1-2H3,(H,49,51)(H,52,53)/b32-30+,40-38+. The molecule has 0 aromatic rings. The van der Waals surface area contributed by atoms with Crippen molar-refractivity contribution in [3.63, 3.8) is 0 Å². The number of carbonyl (C=O) groups excluding carboxylic acids is 1. The van der Waals surface area contributed by atoms with Crippen LogP contribution in [0.1, 0.15) is 239 Å². The van der Waals surface area contributed by atoms with Gasteiger partial charge in [-0.05, 0) is 32.1 Å². The molecule has 5 N–H and O–H groups in total. The molecule has 0 aromatic heterocycles. The van der Waals surface area contributed by atoms with E-state index < -0.39 is 20.0 Å². The third kappa shape index (κ3) is 41.2. The number of aliphatic hydroxyl groups excluding tert-OH is 1. The highest BCUT2D eigenvalue weighted by atomic mass is 31.2. The molecule has 1 amide bonds. The molecule has 0 aliphatic carbocycles. The number of nitrogens with two attached hydrogens (primary N) is 1. The Morgan fingerprint density at radius 1 is 0.571 bits per heavy atom. The topological polar surface area (TPSA) is 131 Å². The van der Waals surface area contributed by atoms with E-state index in [1.807, 2.05) is 6.08 Å². The smallest absolute Gasteiger partial charge is 0.387 e. The summed E-state index contributed by atoms with van der Waals surface area (Å²) < 4.78 is 22.1. The number of phosphoric acid groups is 1. The summed E-state index contributed by atoms with van der Waals surface area (Å²) in [6, 6.07) is -0.873. The van der Waals surface area contributed by atoms with Crippen LogP contribution in [0.15, 0.2) is 24.3 Å². The average molecular weight is 813 g/mol. The molecule has 3 atom stereocenters. The van der Waals surface area contributed by atoms with Crippen molar-refractivity contribution in [3.05, 3.63) is 24.3 Å². The zero-order valence-corrected chi connectivity index (χ0v) is 37.8. The third-order valence-corrected chi connectivity index (χ3v) is 11.8. The molecule has 0 saturated carbocycles. The lowest BCUT2D eigenvalue weighted by Gasteiger charge is -2.23. The molecule has 0 heterocycles. The predicted molar refractivity (Wildman–Crippen MR) is 240 cm³/mol. The minimum atomic E-state index is -4.34. The molecule has 0 aliphatic rings. The predicted octanol–water partition coefficient (Wildman–Crippen LogP) is 13.7. The van der Waals surface area contributed by atoms with E-state index in [1.54, 1.807) is 6.08 Å². The number of allylic oxidation sites excluding steroid dienone is 3. The zero-order chi connectivity index (χ0) is 41.1. The number of rotatable bonds is 45. The molecule has 0 bridgehead atoms. The summed E-state index contributed by atoms with van der Waals surface area (Å²) in [4.78, 5) is 22.7. The van der Waals surface area contributed by atoms with Gasteiger partial charge in [0.25, 0.3) is 0 Å². The summed E-state index contributed by atoms with van der Waals surface area (Å²) in [6.45, 7) is 4.14. The van der Waals surface area contributed by atoms with Crippen molar-refractivity contribution in [2.45, 2.75) is 251 Å². The van der Waals surface area contributed by atoms with Crippen molar-refractivity contribution in [1.82, 2.24) is 5.32 Å². The van der Waals surface area contributed by atoms with Gasteiger partial charge in [0.2, 0.25) is 5.91 Å². The minimum absolute atomic E-state index is 0.0760. The highest BCUT2D eigenvalue weighted by Gasteiger charge is 2.26. The van der Waals surface area contributed by atoms with Gasteiger partial charge in [-0.2, -0.15) is 0 Å². The number of hydrogen-bond acceptors (Lipinski definition) is 6. The second kappa shape index (κ2) is 43.6. The van der Waals surface area contributed by atoms with Crippen LogP contribution < -0.4 is 11.1 Å². The van der Waals surface area contributed by atoms with E-state index >= 15 is 0 Å². The van der Waals surface area contributed by atoms with Gasteiger partial charge in [-0.1, -0.05) is 224 Å². The highest BCUT2D eigenvalue weighted by Crippen LogP contribution is 2.43. The van der Waals surface area contributed by atoms with Crippen molar-refractivity contribution in [2.75, 3.05) is 19.8 Å². The van der Waals surface area contributed by atoms with Gasteiger partial charge in [-0.25, -0.2) is 4.57 Å². The van der Waals surface area contributed by atoms with Crippen molar-refractivity contribution < 1.29 is 28.4 Å². The molecular weight excluding hydrogens is 719 g/mol. The number of aliphatic hydroxyl groups is 1. The van der Waals surface area contributed by atoms with Crippen LogP contribution in [0.25, 0.3) is 0 Å². The summed E-state index contributed by atoms with van der Waals surface area (Å²) in [5, 5.41) is 13.7. The van der Waals surface area contributed by atoms with Crippen LogP contribution in [-0.2, 0) is 18.4 Å². The fourth-order valence-corrected chi connectivity index (χ4v) is 7.91. The van der Waals surface area contributed by atoms with Gasteiger partial charge >= 0.3 is 7.82 Å². The van der Waals surface area contributed by atoms with Crippen LogP contribution in [0.2, 0.25) is 0 Å². The Hall–Kier alpha value is -1.02. The van der Waals surface area contributed by atoms with Crippen molar-refractivity contribution in [2.24, 2.45) is 5.73 Å². The SMILES string of the molecule is CCCCCCCCCCC/C=C/CC/C=C/C(O)C(COP(=O)(O)OCCN)NC(=O)CCCCCCCCCCCCCCCCCCCCCCCC. The first kappa shape index (κ1) is 55.0. The summed E-state index contributed by atoms with van der Waals surface area (Å²) in [5.74, 6) is -0.200.